The predicted octanol–water partition coefficient (Wildman–Crippen LogP) is 2.24. The average Bonchev–Trinajstić information content (AvgIpc) is 2.19. The molecule has 0 aliphatic carbocycles. The summed E-state index contributed by atoms with van der Waals surface area (Å²) in [5, 5.41) is 0. The van der Waals surface area contributed by atoms with Crippen LogP contribution < -0.4 is 0 Å². The van der Waals surface area contributed by atoms with Crippen LogP contribution in [-0.4, -0.2) is 47.8 Å². The Labute approximate surface area is 92.8 Å². The molecule has 0 spiro atoms. The van der Waals surface area contributed by atoms with Crippen LogP contribution in [-0.2, 0) is 13.3 Å². The first-order chi connectivity index (χ1) is 7.43. The minimum Gasteiger partial charge on any atom is -0.373 e. The summed E-state index contributed by atoms with van der Waals surface area (Å²) in [7, 11) is -3.99. The third-order valence-corrected chi connectivity index (χ3v) is 4.64. The summed E-state index contributed by atoms with van der Waals surface area (Å²) in [5.41, 5.74) is -5.64. The molecule has 0 aliphatic heterocycles. The van der Waals surface area contributed by atoms with E-state index >= 15 is 0 Å². The van der Waals surface area contributed by atoms with Crippen LogP contribution in [0.3, 0.4) is 0 Å². The summed E-state index contributed by atoms with van der Waals surface area (Å²) >= 11 is 0. The van der Waals surface area contributed by atoms with Gasteiger partial charge in [0.15, 0.2) is 0 Å². The zero-order chi connectivity index (χ0) is 14.1. The molecule has 0 aromatic heterocycles. The first-order valence-electron chi connectivity index (χ1n) is 3.91. The minimum absolute atomic E-state index is 0.500. The molecule has 3 nitrogen and oxygen atoms in total. The van der Waals surface area contributed by atoms with E-state index in [-0.39, 0.29) is 0 Å². The van der Waals surface area contributed by atoms with Crippen LogP contribution in [0.4, 0.5) is 30.7 Å². The summed E-state index contributed by atoms with van der Waals surface area (Å²) in [5.74, 6) is -6.33. The van der Waals surface area contributed by atoms with E-state index in [0.29, 0.717) is 21.3 Å². The van der Waals surface area contributed by atoms with Gasteiger partial charge in [0.25, 0.3) is 0 Å². The number of alkyl halides is 7. The molecule has 0 amide bonds. The van der Waals surface area contributed by atoms with E-state index in [1.165, 1.54) is 0 Å². The predicted molar refractivity (Wildman–Crippen MR) is 42.7 cm³/mol. The van der Waals surface area contributed by atoms with Gasteiger partial charge in [-0.05, 0) is 0 Å². The molecule has 0 unspecified atom stereocenters. The van der Waals surface area contributed by atoms with Gasteiger partial charge >= 0.3 is 26.4 Å². The molecule has 0 aromatic rings. The van der Waals surface area contributed by atoms with Crippen molar-refractivity contribution in [3.05, 3.63) is 0 Å². The van der Waals surface area contributed by atoms with Gasteiger partial charge in [-0.25, -0.2) is 0 Å². The van der Waals surface area contributed by atoms with Gasteiger partial charge in [0.05, 0.1) is 0 Å². The highest BCUT2D eigenvalue weighted by Crippen LogP contribution is 2.50. The summed E-state index contributed by atoms with van der Waals surface area (Å²) in [4.78, 5) is 0. The minimum atomic E-state index is -6.45. The molecule has 0 saturated carbocycles. The number of hydrogen-bond acceptors (Lipinski definition) is 3. The Balaban J connectivity index is 5.67. The molecule has 11 heteroatoms. The van der Waals surface area contributed by atoms with E-state index in [1.54, 1.807) is 0 Å². The summed E-state index contributed by atoms with van der Waals surface area (Å²) in [6.45, 7) is 0. The van der Waals surface area contributed by atoms with Gasteiger partial charge < -0.3 is 13.3 Å². The molecule has 0 fully saturated rings. The summed E-state index contributed by atoms with van der Waals surface area (Å²) in [6, 6.07) is 0. The van der Waals surface area contributed by atoms with Crippen LogP contribution in [0.15, 0.2) is 0 Å². The fraction of sp³-hybridized carbons (Fsp3) is 1.00. The van der Waals surface area contributed by atoms with Crippen LogP contribution in [0.5, 0.6) is 0 Å². The van der Waals surface area contributed by atoms with Crippen LogP contribution in [0.25, 0.3) is 0 Å². The molecule has 0 atom stereocenters. The highest BCUT2D eigenvalue weighted by atomic mass is 28.4. The van der Waals surface area contributed by atoms with E-state index in [9.17, 15) is 30.7 Å². The highest BCUT2D eigenvalue weighted by molar-refractivity contribution is 6.63. The van der Waals surface area contributed by atoms with Crippen LogP contribution in [0, 0.1) is 0 Å². The smallest absolute Gasteiger partial charge is 0.373 e. The molecule has 17 heavy (non-hydrogen) atoms. The zero-order valence-corrected chi connectivity index (χ0v) is 9.87. The Kier molecular flexibility index (Phi) is 4.59. The Morgan fingerprint density at radius 1 is 0.706 bits per heavy atom. The standard InChI is InChI=1S/C6H9F7O3Si/c1-14-17(15-2,16-3)6(12,13)4(7,8)5(9,10)11/h1-3H3. The maximum absolute atomic E-state index is 13.2. The van der Waals surface area contributed by atoms with Gasteiger partial charge in [0.2, 0.25) is 0 Å². The molecular weight excluding hydrogens is 281 g/mol. The second-order valence-corrected chi connectivity index (χ2v) is 5.78. The number of halogens is 7. The largest absolute Gasteiger partial charge is 0.581 e. The molecule has 104 valence electrons. The molecule has 0 aliphatic rings. The van der Waals surface area contributed by atoms with Crippen molar-refractivity contribution in [1.82, 2.24) is 0 Å². The lowest BCUT2D eigenvalue weighted by Gasteiger charge is -2.36. The molecule has 0 heterocycles. The molecule has 0 rings (SSSR count). The fourth-order valence-corrected chi connectivity index (χ4v) is 2.80. The van der Waals surface area contributed by atoms with Gasteiger partial charge in [0.1, 0.15) is 0 Å². The van der Waals surface area contributed by atoms with Crippen LogP contribution in [0.2, 0.25) is 0 Å². The van der Waals surface area contributed by atoms with Crippen molar-refractivity contribution in [3.63, 3.8) is 0 Å². The van der Waals surface area contributed by atoms with Gasteiger partial charge in [-0.15, -0.1) is 0 Å². The maximum atomic E-state index is 13.2. The quantitative estimate of drug-likeness (QED) is 0.574. The van der Waals surface area contributed by atoms with Gasteiger partial charge in [0, 0.05) is 21.3 Å². The zero-order valence-electron chi connectivity index (χ0n) is 8.87. The molecular formula is C6H9F7O3Si. The molecule has 0 saturated heterocycles. The topological polar surface area (TPSA) is 27.7 Å². The van der Waals surface area contributed by atoms with E-state index in [0.717, 1.165) is 0 Å². The van der Waals surface area contributed by atoms with E-state index in [1.807, 2.05) is 0 Å². The molecule has 0 radical (unpaired) electrons. The van der Waals surface area contributed by atoms with Crippen molar-refractivity contribution < 1.29 is 44.0 Å². The second-order valence-electron chi connectivity index (χ2n) is 2.82. The van der Waals surface area contributed by atoms with Gasteiger partial charge in [-0.1, -0.05) is 0 Å². The normalized spacial score (nSPS) is 15.2. The van der Waals surface area contributed by atoms with Gasteiger partial charge in [-0.3, -0.25) is 0 Å². The van der Waals surface area contributed by atoms with Crippen LogP contribution >= 0.6 is 0 Å². The first-order valence-corrected chi connectivity index (χ1v) is 5.63. The lowest BCUT2D eigenvalue weighted by molar-refractivity contribution is -0.344. The van der Waals surface area contributed by atoms with Gasteiger partial charge in [-0.2, -0.15) is 30.7 Å². The maximum Gasteiger partial charge on any atom is 0.581 e. The lowest BCUT2D eigenvalue weighted by Crippen LogP contribution is -2.70. The van der Waals surface area contributed by atoms with Crippen molar-refractivity contribution in [3.8, 4) is 0 Å². The highest BCUT2D eigenvalue weighted by Gasteiger charge is 2.84. The molecule has 0 bridgehead atoms. The SMILES string of the molecule is CO[Si](OC)(OC)C(F)(F)C(F)(F)C(F)(F)F. The Bertz CT molecular complexity index is 251. The number of hydrogen-bond donors (Lipinski definition) is 0. The fourth-order valence-electron chi connectivity index (χ4n) is 1.00. The Hall–Kier alpha value is -0.393. The Morgan fingerprint density at radius 3 is 1.18 bits per heavy atom. The molecule has 0 aromatic carbocycles. The second kappa shape index (κ2) is 4.70. The van der Waals surface area contributed by atoms with Crippen molar-refractivity contribution in [1.29, 1.82) is 0 Å². The Morgan fingerprint density at radius 2 is 1.00 bits per heavy atom. The van der Waals surface area contributed by atoms with E-state index in [4.69, 9.17) is 0 Å². The molecule has 0 N–H and O–H groups in total. The third-order valence-electron chi connectivity index (χ3n) is 1.94. The lowest BCUT2D eigenvalue weighted by atomic mass is 10.3. The van der Waals surface area contributed by atoms with Crippen molar-refractivity contribution in [2.75, 3.05) is 21.3 Å². The van der Waals surface area contributed by atoms with Crippen molar-refractivity contribution in [2.45, 2.75) is 17.6 Å². The monoisotopic (exact) mass is 290 g/mol. The van der Waals surface area contributed by atoms with Crippen molar-refractivity contribution in [2.24, 2.45) is 0 Å². The van der Waals surface area contributed by atoms with Crippen molar-refractivity contribution >= 4 is 8.80 Å². The summed E-state index contributed by atoms with van der Waals surface area (Å²) < 4.78 is 99.4. The third kappa shape index (κ3) is 2.28. The average molecular weight is 290 g/mol. The first kappa shape index (κ1) is 16.6. The van der Waals surface area contributed by atoms with Crippen LogP contribution in [0.1, 0.15) is 0 Å². The number of rotatable bonds is 5. The van der Waals surface area contributed by atoms with E-state index < -0.39 is 26.4 Å². The van der Waals surface area contributed by atoms with E-state index in [2.05, 4.69) is 13.3 Å². The summed E-state index contributed by atoms with van der Waals surface area (Å²) in [6.07, 6.45) is -6.45.